The normalized spacial score (nSPS) is 10.6. The van der Waals surface area contributed by atoms with Crippen LogP contribution in [0.2, 0.25) is 5.02 Å². The minimum Gasteiger partial charge on any atom is -0.384 e. The molecule has 6 heteroatoms. The Bertz CT molecular complexity index is 793. The lowest BCUT2D eigenvalue weighted by Crippen LogP contribution is -2.13. The fraction of sp³-hybridized carbons (Fsp3) is 0.0667. The summed E-state index contributed by atoms with van der Waals surface area (Å²) < 4.78 is 27.0. The highest BCUT2D eigenvalue weighted by Crippen LogP contribution is 2.23. The van der Waals surface area contributed by atoms with E-state index in [9.17, 15) is 8.42 Å². The second kappa shape index (κ2) is 6.64. The van der Waals surface area contributed by atoms with E-state index in [1.165, 1.54) is 18.2 Å². The molecule has 2 N–H and O–H groups in total. The highest BCUT2D eigenvalue weighted by molar-refractivity contribution is 7.92. The lowest BCUT2D eigenvalue weighted by Gasteiger charge is -2.10. The standard InChI is InChI=1S/C15H12ClNO3S/c16-13-9-8-12(5-4-10-18)15(11-13)17-21(19,20)14-6-2-1-3-7-14/h1-3,6-9,11,17-18H,10H2. The van der Waals surface area contributed by atoms with Gasteiger partial charge >= 0.3 is 0 Å². The molecule has 21 heavy (non-hydrogen) atoms. The number of halogens is 1. The molecule has 0 saturated heterocycles. The molecule has 0 spiro atoms. The van der Waals surface area contributed by atoms with Gasteiger partial charge < -0.3 is 5.11 Å². The Morgan fingerprint density at radius 3 is 2.52 bits per heavy atom. The van der Waals surface area contributed by atoms with Crippen molar-refractivity contribution in [1.29, 1.82) is 0 Å². The van der Waals surface area contributed by atoms with Crippen molar-refractivity contribution in [1.82, 2.24) is 0 Å². The van der Waals surface area contributed by atoms with Crippen molar-refractivity contribution in [2.24, 2.45) is 0 Å². The fourth-order valence-electron chi connectivity index (χ4n) is 1.65. The summed E-state index contributed by atoms with van der Waals surface area (Å²) in [7, 11) is -3.72. The quantitative estimate of drug-likeness (QED) is 0.854. The predicted molar refractivity (Wildman–Crippen MR) is 82.7 cm³/mol. The molecular weight excluding hydrogens is 310 g/mol. The Morgan fingerprint density at radius 2 is 1.86 bits per heavy atom. The molecule has 2 aromatic carbocycles. The van der Waals surface area contributed by atoms with Crippen molar-refractivity contribution in [2.45, 2.75) is 4.90 Å². The largest absolute Gasteiger partial charge is 0.384 e. The van der Waals surface area contributed by atoms with Gasteiger partial charge in [-0.15, -0.1) is 0 Å². The zero-order valence-electron chi connectivity index (χ0n) is 10.9. The van der Waals surface area contributed by atoms with Crippen molar-refractivity contribution in [3.8, 4) is 11.8 Å². The zero-order chi connectivity index (χ0) is 15.3. The van der Waals surface area contributed by atoms with E-state index >= 15 is 0 Å². The third-order valence-electron chi connectivity index (χ3n) is 2.58. The maximum atomic E-state index is 12.3. The van der Waals surface area contributed by atoms with Crippen LogP contribution in [0, 0.1) is 11.8 Å². The van der Waals surface area contributed by atoms with E-state index in [1.807, 2.05) is 0 Å². The van der Waals surface area contributed by atoms with E-state index in [0.29, 0.717) is 10.6 Å². The van der Waals surface area contributed by atoms with Gasteiger partial charge in [0.15, 0.2) is 0 Å². The van der Waals surface area contributed by atoms with E-state index in [4.69, 9.17) is 16.7 Å². The molecule has 0 unspecified atom stereocenters. The summed E-state index contributed by atoms with van der Waals surface area (Å²) in [6.45, 7) is -0.312. The molecule has 0 aliphatic carbocycles. The van der Waals surface area contributed by atoms with Crippen LogP contribution in [0.25, 0.3) is 0 Å². The molecule has 0 amide bonds. The number of benzene rings is 2. The highest BCUT2D eigenvalue weighted by atomic mass is 35.5. The molecule has 108 valence electrons. The van der Waals surface area contributed by atoms with Gasteiger partial charge in [0.2, 0.25) is 0 Å². The smallest absolute Gasteiger partial charge is 0.261 e. The van der Waals surface area contributed by atoms with Gasteiger partial charge in [-0.05, 0) is 30.3 Å². The van der Waals surface area contributed by atoms with Crippen molar-refractivity contribution in [3.05, 3.63) is 59.1 Å². The van der Waals surface area contributed by atoms with Gasteiger partial charge in [-0.25, -0.2) is 8.42 Å². The number of aliphatic hydroxyl groups excluding tert-OH is 1. The van der Waals surface area contributed by atoms with Gasteiger partial charge in [0.25, 0.3) is 10.0 Å². The number of rotatable bonds is 3. The van der Waals surface area contributed by atoms with Crippen molar-refractivity contribution in [3.63, 3.8) is 0 Å². The summed E-state index contributed by atoms with van der Waals surface area (Å²) in [6, 6.07) is 12.7. The second-order valence-corrected chi connectivity index (χ2v) is 6.19. The van der Waals surface area contributed by atoms with Gasteiger partial charge in [-0.1, -0.05) is 41.6 Å². The van der Waals surface area contributed by atoms with Crippen LogP contribution in [-0.2, 0) is 10.0 Å². The van der Waals surface area contributed by atoms with E-state index in [0.717, 1.165) is 0 Å². The minimum atomic E-state index is -3.72. The Hall–Kier alpha value is -2.00. The summed E-state index contributed by atoms with van der Waals surface area (Å²) >= 11 is 5.89. The first kappa shape index (κ1) is 15.4. The number of sulfonamides is 1. The molecule has 0 aromatic heterocycles. The van der Waals surface area contributed by atoms with Crippen LogP contribution in [0.15, 0.2) is 53.4 Å². The van der Waals surface area contributed by atoms with Crippen LogP contribution in [0.4, 0.5) is 5.69 Å². The van der Waals surface area contributed by atoms with Crippen LogP contribution in [-0.4, -0.2) is 20.1 Å². The third-order valence-corrected chi connectivity index (χ3v) is 4.20. The highest BCUT2D eigenvalue weighted by Gasteiger charge is 2.15. The molecule has 0 heterocycles. The Balaban J connectivity index is 2.41. The van der Waals surface area contributed by atoms with Crippen LogP contribution < -0.4 is 4.72 Å². The topological polar surface area (TPSA) is 66.4 Å². The van der Waals surface area contributed by atoms with E-state index in [1.54, 1.807) is 30.3 Å². The van der Waals surface area contributed by atoms with Gasteiger partial charge in [-0.2, -0.15) is 0 Å². The first-order valence-corrected chi connectivity index (χ1v) is 7.86. The molecule has 0 radical (unpaired) electrons. The SMILES string of the molecule is O=S(=O)(Nc1cc(Cl)ccc1C#CCO)c1ccccc1. The Morgan fingerprint density at radius 1 is 1.14 bits per heavy atom. The average molecular weight is 322 g/mol. The molecule has 4 nitrogen and oxygen atoms in total. The van der Waals surface area contributed by atoms with Crippen LogP contribution in [0.5, 0.6) is 0 Å². The van der Waals surface area contributed by atoms with Gasteiger partial charge in [-0.3, -0.25) is 4.72 Å². The molecule has 0 aliphatic rings. The van der Waals surface area contributed by atoms with E-state index < -0.39 is 10.0 Å². The molecule has 0 saturated carbocycles. The lowest BCUT2D eigenvalue weighted by molar-refractivity contribution is 0.350. The molecule has 0 fully saturated rings. The lowest BCUT2D eigenvalue weighted by atomic mass is 10.2. The van der Waals surface area contributed by atoms with Gasteiger partial charge in [0.1, 0.15) is 6.61 Å². The molecule has 2 aromatic rings. The maximum absolute atomic E-state index is 12.3. The van der Waals surface area contributed by atoms with Crippen LogP contribution in [0.1, 0.15) is 5.56 Å². The Kier molecular flexibility index (Phi) is 4.86. The first-order valence-electron chi connectivity index (χ1n) is 6.00. The molecular formula is C15H12ClNO3S. The zero-order valence-corrected chi connectivity index (χ0v) is 12.4. The second-order valence-electron chi connectivity index (χ2n) is 4.07. The summed E-state index contributed by atoms with van der Waals surface area (Å²) in [5, 5.41) is 9.13. The summed E-state index contributed by atoms with van der Waals surface area (Å²) in [5.74, 6) is 5.16. The average Bonchev–Trinajstić information content (AvgIpc) is 2.47. The summed E-state index contributed by atoms with van der Waals surface area (Å²) in [6.07, 6.45) is 0. The Labute approximate surface area is 128 Å². The monoisotopic (exact) mass is 321 g/mol. The van der Waals surface area contributed by atoms with Gasteiger partial charge in [0.05, 0.1) is 10.6 Å². The van der Waals surface area contributed by atoms with Crippen molar-refractivity contribution < 1.29 is 13.5 Å². The van der Waals surface area contributed by atoms with E-state index in [2.05, 4.69) is 16.6 Å². The van der Waals surface area contributed by atoms with Crippen molar-refractivity contribution in [2.75, 3.05) is 11.3 Å². The number of anilines is 1. The number of aliphatic hydroxyl groups is 1. The third kappa shape index (κ3) is 3.99. The predicted octanol–water partition coefficient (Wildman–Crippen LogP) is 2.48. The van der Waals surface area contributed by atoms with Crippen LogP contribution in [0.3, 0.4) is 0 Å². The first-order chi connectivity index (χ1) is 10.0. The van der Waals surface area contributed by atoms with Crippen LogP contribution >= 0.6 is 11.6 Å². The number of nitrogens with one attached hydrogen (secondary N) is 1. The summed E-state index contributed by atoms with van der Waals surface area (Å²) in [4.78, 5) is 0.144. The molecule has 0 bridgehead atoms. The number of hydrogen-bond acceptors (Lipinski definition) is 3. The van der Waals surface area contributed by atoms with Gasteiger partial charge in [0, 0.05) is 10.6 Å². The molecule has 2 rings (SSSR count). The molecule has 0 atom stereocenters. The summed E-state index contributed by atoms with van der Waals surface area (Å²) in [5.41, 5.74) is 0.709. The van der Waals surface area contributed by atoms with E-state index in [-0.39, 0.29) is 17.2 Å². The maximum Gasteiger partial charge on any atom is 0.261 e. The fourth-order valence-corrected chi connectivity index (χ4v) is 2.91. The minimum absolute atomic E-state index is 0.144. The van der Waals surface area contributed by atoms with Crippen molar-refractivity contribution >= 4 is 27.3 Å². The number of hydrogen-bond donors (Lipinski definition) is 2. The molecule has 0 aliphatic heterocycles.